The second-order valence-corrected chi connectivity index (χ2v) is 12.9. The van der Waals surface area contributed by atoms with Crippen molar-refractivity contribution < 1.29 is 4.43 Å². The Morgan fingerprint density at radius 2 is 1.46 bits per heavy atom. The Hall–Kier alpha value is -1.80. The predicted octanol–water partition coefficient (Wildman–Crippen LogP) is 6.41. The van der Waals surface area contributed by atoms with Gasteiger partial charge in [0.05, 0.1) is 5.76 Å². The standard InChI is InChI=1S/C22H28OSi/c1-22(2,3)24(4,5)23-20-16-15-17-11-9-10-14-19(17)21(20)18-12-7-6-8-13-18/h6-14H,15-16H2,1-5H3. The quantitative estimate of drug-likeness (QED) is 0.588. The van der Waals surface area contributed by atoms with E-state index in [4.69, 9.17) is 4.43 Å². The topological polar surface area (TPSA) is 9.23 Å². The SMILES string of the molecule is CC(C)(C)[Si](C)(C)OC1=C(c2ccccc2)c2ccccc2CC1. The Balaban J connectivity index is 2.14. The predicted molar refractivity (Wildman–Crippen MR) is 106 cm³/mol. The Labute approximate surface area is 147 Å². The van der Waals surface area contributed by atoms with E-state index in [1.807, 2.05) is 0 Å². The summed E-state index contributed by atoms with van der Waals surface area (Å²) in [5.74, 6) is 1.19. The van der Waals surface area contributed by atoms with E-state index in [1.54, 1.807) is 0 Å². The maximum Gasteiger partial charge on any atom is 0.250 e. The molecule has 2 heteroatoms. The highest BCUT2D eigenvalue weighted by Crippen LogP contribution is 2.43. The van der Waals surface area contributed by atoms with Crippen molar-refractivity contribution in [3.8, 4) is 0 Å². The molecular weight excluding hydrogens is 308 g/mol. The van der Waals surface area contributed by atoms with E-state index in [1.165, 1.54) is 28.0 Å². The van der Waals surface area contributed by atoms with E-state index in [9.17, 15) is 0 Å². The molecule has 0 N–H and O–H groups in total. The van der Waals surface area contributed by atoms with Crippen molar-refractivity contribution in [3.63, 3.8) is 0 Å². The van der Waals surface area contributed by atoms with Gasteiger partial charge in [0.15, 0.2) is 0 Å². The van der Waals surface area contributed by atoms with Crippen LogP contribution in [0.2, 0.25) is 18.1 Å². The average Bonchev–Trinajstić information content (AvgIpc) is 2.54. The van der Waals surface area contributed by atoms with Crippen molar-refractivity contribution in [2.24, 2.45) is 0 Å². The van der Waals surface area contributed by atoms with Gasteiger partial charge in [-0.3, -0.25) is 0 Å². The zero-order valence-electron chi connectivity index (χ0n) is 15.5. The molecule has 0 unspecified atom stereocenters. The molecule has 2 aromatic rings. The molecule has 0 atom stereocenters. The molecule has 0 aromatic heterocycles. The lowest BCUT2D eigenvalue weighted by Crippen LogP contribution is -2.41. The highest BCUT2D eigenvalue weighted by Gasteiger charge is 2.40. The largest absolute Gasteiger partial charge is 0.546 e. The summed E-state index contributed by atoms with van der Waals surface area (Å²) in [6.07, 6.45) is 2.06. The molecular formula is C22H28OSi. The summed E-state index contributed by atoms with van der Waals surface area (Å²) >= 11 is 0. The molecule has 1 aliphatic rings. The van der Waals surface area contributed by atoms with Crippen LogP contribution in [-0.2, 0) is 10.8 Å². The first kappa shape index (κ1) is 17.0. The van der Waals surface area contributed by atoms with Crippen molar-refractivity contribution in [1.29, 1.82) is 0 Å². The lowest BCUT2D eigenvalue weighted by atomic mass is 9.86. The lowest BCUT2D eigenvalue weighted by Gasteiger charge is -2.39. The van der Waals surface area contributed by atoms with E-state index in [0.29, 0.717) is 0 Å². The fourth-order valence-corrected chi connectivity index (χ4v) is 4.12. The maximum atomic E-state index is 6.79. The monoisotopic (exact) mass is 336 g/mol. The van der Waals surface area contributed by atoms with Crippen molar-refractivity contribution in [1.82, 2.24) is 0 Å². The van der Waals surface area contributed by atoms with Gasteiger partial charge in [-0.2, -0.15) is 0 Å². The summed E-state index contributed by atoms with van der Waals surface area (Å²) in [4.78, 5) is 0. The fourth-order valence-electron chi connectivity index (χ4n) is 2.99. The minimum absolute atomic E-state index is 0.207. The van der Waals surface area contributed by atoms with Gasteiger partial charge >= 0.3 is 0 Å². The molecule has 0 saturated carbocycles. The molecule has 0 aliphatic heterocycles. The summed E-state index contributed by atoms with van der Waals surface area (Å²) < 4.78 is 6.79. The fraction of sp³-hybridized carbons (Fsp3) is 0.364. The highest BCUT2D eigenvalue weighted by atomic mass is 28.4. The highest BCUT2D eigenvalue weighted by molar-refractivity contribution is 6.74. The van der Waals surface area contributed by atoms with Gasteiger partial charge in [-0.1, -0.05) is 75.4 Å². The molecule has 1 aliphatic carbocycles. The van der Waals surface area contributed by atoms with Gasteiger partial charge in [-0.25, -0.2) is 0 Å². The molecule has 1 nitrogen and oxygen atoms in total. The number of hydrogen-bond donors (Lipinski definition) is 0. The zero-order chi connectivity index (χ0) is 17.4. The van der Waals surface area contributed by atoms with Gasteiger partial charge in [-0.15, -0.1) is 0 Å². The molecule has 0 radical (unpaired) electrons. The summed E-state index contributed by atoms with van der Waals surface area (Å²) in [5.41, 5.74) is 5.32. The van der Waals surface area contributed by atoms with Crippen molar-refractivity contribution in [2.45, 2.75) is 51.7 Å². The first-order valence-electron chi connectivity index (χ1n) is 8.85. The van der Waals surface area contributed by atoms with Crippen LogP contribution in [0.15, 0.2) is 60.4 Å². The van der Waals surface area contributed by atoms with E-state index in [0.717, 1.165) is 12.8 Å². The van der Waals surface area contributed by atoms with Crippen molar-refractivity contribution in [3.05, 3.63) is 77.0 Å². The minimum Gasteiger partial charge on any atom is -0.546 e. The van der Waals surface area contributed by atoms with Gasteiger partial charge in [0.2, 0.25) is 8.32 Å². The van der Waals surface area contributed by atoms with Crippen LogP contribution in [0.25, 0.3) is 5.57 Å². The van der Waals surface area contributed by atoms with Crippen LogP contribution in [0.4, 0.5) is 0 Å². The number of aryl methyl sites for hydroxylation is 1. The molecule has 0 amide bonds. The van der Waals surface area contributed by atoms with Crippen molar-refractivity contribution in [2.75, 3.05) is 0 Å². The Morgan fingerprint density at radius 3 is 2.12 bits per heavy atom. The van der Waals surface area contributed by atoms with Crippen LogP contribution >= 0.6 is 0 Å². The zero-order valence-corrected chi connectivity index (χ0v) is 16.5. The minimum atomic E-state index is -1.85. The van der Waals surface area contributed by atoms with Crippen LogP contribution in [0.5, 0.6) is 0 Å². The van der Waals surface area contributed by atoms with Crippen LogP contribution < -0.4 is 0 Å². The number of allylic oxidation sites excluding steroid dienone is 1. The van der Waals surface area contributed by atoms with E-state index in [-0.39, 0.29) is 5.04 Å². The summed E-state index contributed by atoms with van der Waals surface area (Å²) in [6.45, 7) is 11.6. The molecule has 0 fully saturated rings. The molecule has 0 heterocycles. The molecule has 2 aromatic carbocycles. The second kappa shape index (κ2) is 6.25. The van der Waals surface area contributed by atoms with E-state index >= 15 is 0 Å². The molecule has 0 bridgehead atoms. The van der Waals surface area contributed by atoms with Gasteiger partial charge in [-0.05, 0) is 41.2 Å². The third kappa shape index (κ3) is 3.20. The number of fused-ring (bicyclic) bond motifs is 1. The smallest absolute Gasteiger partial charge is 0.250 e. The third-order valence-corrected chi connectivity index (χ3v) is 9.80. The Kier molecular flexibility index (Phi) is 4.44. The van der Waals surface area contributed by atoms with Crippen LogP contribution in [0, 0.1) is 0 Å². The van der Waals surface area contributed by atoms with Gasteiger partial charge < -0.3 is 4.43 Å². The molecule has 0 spiro atoms. The van der Waals surface area contributed by atoms with Crippen LogP contribution in [0.1, 0.15) is 43.9 Å². The molecule has 24 heavy (non-hydrogen) atoms. The summed E-state index contributed by atoms with van der Waals surface area (Å²) in [5, 5.41) is 0.207. The van der Waals surface area contributed by atoms with Crippen LogP contribution in [-0.4, -0.2) is 8.32 Å². The van der Waals surface area contributed by atoms with Crippen molar-refractivity contribution >= 4 is 13.9 Å². The molecule has 0 saturated heterocycles. The normalized spacial score (nSPS) is 15.2. The van der Waals surface area contributed by atoms with E-state index < -0.39 is 8.32 Å². The summed E-state index contributed by atoms with van der Waals surface area (Å²) in [6, 6.07) is 19.5. The number of hydrogen-bond acceptors (Lipinski definition) is 1. The first-order chi connectivity index (χ1) is 11.3. The third-order valence-electron chi connectivity index (χ3n) is 5.43. The number of rotatable bonds is 3. The molecule has 3 rings (SSSR count). The van der Waals surface area contributed by atoms with Gasteiger partial charge in [0, 0.05) is 12.0 Å². The van der Waals surface area contributed by atoms with E-state index in [2.05, 4.69) is 88.5 Å². The lowest BCUT2D eigenvalue weighted by molar-refractivity contribution is 0.367. The summed E-state index contributed by atoms with van der Waals surface area (Å²) in [7, 11) is -1.85. The maximum absolute atomic E-state index is 6.79. The van der Waals surface area contributed by atoms with Gasteiger partial charge in [0.1, 0.15) is 0 Å². The van der Waals surface area contributed by atoms with Gasteiger partial charge in [0.25, 0.3) is 0 Å². The second-order valence-electron chi connectivity index (χ2n) is 8.18. The average molecular weight is 337 g/mol. The number of benzene rings is 2. The van der Waals surface area contributed by atoms with Crippen LogP contribution in [0.3, 0.4) is 0 Å². The Bertz CT molecular complexity index is 751. The molecule has 126 valence electrons. The Morgan fingerprint density at radius 1 is 0.833 bits per heavy atom. The first-order valence-corrected chi connectivity index (χ1v) is 11.8.